The summed E-state index contributed by atoms with van der Waals surface area (Å²) >= 11 is 5.89. The van der Waals surface area contributed by atoms with Crippen molar-refractivity contribution < 1.29 is 9.50 Å². The van der Waals surface area contributed by atoms with Crippen LogP contribution in [-0.2, 0) is 0 Å². The third kappa shape index (κ3) is 3.48. The molecule has 0 aromatic heterocycles. The van der Waals surface area contributed by atoms with Crippen LogP contribution in [0.5, 0.6) is 5.75 Å². The van der Waals surface area contributed by atoms with Gasteiger partial charge in [-0.2, -0.15) is 0 Å². The van der Waals surface area contributed by atoms with E-state index in [1.165, 1.54) is 6.07 Å². The molecular weight excluding hydrogens is 278 g/mol. The minimum Gasteiger partial charge on any atom is -0.508 e. The number of hydrogen-bond acceptors (Lipinski definition) is 3. The van der Waals surface area contributed by atoms with Crippen molar-refractivity contribution in [2.45, 2.75) is 6.04 Å². The number of piperazine rings is 1. The number of halogens is 3. The molecule has 102 valence electrons. The zero-order valence-corrected chi connectivity index (χ0v) is 11.5. The Balaban J connectivity index is 0.00000162. The lowest BCUT2D eigenvalue weighted by Crippen LogP contribution is -2.45. The van der Waals surface area contributed by atoms with Crippen molar-refractivity contribution in [2.75, 3.05) is 32.9 Å². The molecule has 0 saturated carbocycles. The molecule has 0 bridgehead atoms. The summed E-state index contributed by atoms with van der Waals surface area (Å²) in [4.78, 5) is 2.03. The van der Waals surface area contributed by atoms with Crippen molar-refractivity contribution in [3.05, 3.63) is 28.8 Å². The Morgan fingerprint density at radius 3 is 2.67 bits per heavy atom. The molecule has 1 aliphatic heterocycles. The van der Waals surface area contributed by atoms with Gasteiger partial charge in [0.15, 0.2) is 0 Å². The molecule has 1 aromatic carbocycles. The lowest BCUT2D eigenvalue weighted by atomic mass is 10.0. The molecule has 0 aliphatic carbocycles. The van der Waals surface area contributed by atoms with Crippen molar-refractivity contribution in [3.63, 3.8) is 0 Å². The average Bonchev–Trinajstić information content (AvgIpc) is 2.36. The Morgan fingerprint density at radius 1 is 1.39 bits per heavy atom. The van der Waals surface area contributed by atoms with Gasteiger partial charge in [0, 0.05) is 36.8 Å². The monoisotopic (exact) mass is 294 g/mol. The summed E-state index contributed by atoms with van der Waals surface area (Å²) in [6.07, 6.45) is 0. The molecule has 18 heavy (non-hydrogen) atoms. The molecule has 0 amide bonds. The van der Waals surface area contributed by atoms with Crippen molar-refractivity contribution >= 4 is 24.0 Å². The molecule has 2 N–H and O–H groups in total. The molecule has 3 nitrogen and oxygen atoms in total. The zero-order chi connectivity index (χ0) is 12.3. The Labute approximate surface area is 117 Å². The van der Waals surface area contributed by atoms with Crippen molar-refractivity contribution in [1.29, 1.82) is 0 Å². The van der Waals surface area contributed by atoms with Crippen LogP contribution in [0.2, 0.25) is 5.02 Å². The Hall–Kier alpha value is -0.550. The molecule has 1 atom stereocenters. The molecule has 0 radical (unpaired) electrons. The lowest BCUT2D eigenvalue weighted by molar-refractivity contribution is 0.145. The van der Waals surface area contributed by atoms with Gasteiger partial charge in [-0.25, -0.2) is 4.39 Å². The van der Waals surface area contributed by atoms with Crippen LogP contribution >= 0.6 is 24.0 Å². The summed E-state index contributed by atoms with van der Waals surface area (Å²) in [5, 5.41) is 13.5. The predicted octanol–water partition coefficient (Wildman–Crippen LogP) is 2.38. The van der Waals surface area contributed by atoms with E-state index in [0.717, 1.165) is 26.2 Å². The highest BCUT2D eigenvalue weighted by Gasteiger charge is 2.24. The molecule has 1 aliphatic rings. The highest BCUT2D eigenvalue weighted by Crippen LogP contribution is 2.31. The average molecular weight is 295 g/mol. The van der Waals surface area contributed by atoms with Gasteiger partial charge in [-0.1, -0.05) is 11.6 Å². The molecule has 2 rings (SSSR count). The normalized spacial score (nSPS) is 18.1. The number of aromatic hydroxyl groups is 1. The maximum absolute atomic E-state index is 13.2. The minimum atomic E-state index is -0.520. The lowest BCUT2D eigenvalue weighted by Gasteiger charge is -2.33. The molecule has 0 spiro atoms. The summed E-state index contributed by atoms with van der Waals surface area (Å²) in [5.41, 5.74) is 0.571. The number of phenolic OH excluding ortho intramolecular Hbond substituents is 1. The summed E-state index contributed by atoms with van der Waals surface area (Å²) < 4.78 is 13.2. The molecule has 6 heteroatoms. The molecule has 1 aromatic rings. The van der Waals surface area contributed by atoms with Gasteiger partial charge in [0.1, 0.15) is 12.4 Å². The van der Waals surface area contributed by atoms with Gasteiger partial charge in [-0.05, 0) is 18.2 Å². The van der Waals surface area contributed by atoms with Crippen LogP contribution in [0, 0.1) is 0 Å². The number of phenols is 1. The smallest absolute Gasteiger partial charge is 0.120 e. The first-order chi connectivity index (χ1) is 8.22. The molecule has 1 fully saturated rings. The van der Waals surface area contributed by atoms with Gasteiger partial charge < -0.3 is 10.4 Å². The Bertz CT molecular complexity index is 386. The fourth-order valence-electron chi connectivity index (χ4n) is 2.16. The standard InChI is InChI=1S/C12H16ClFN2O.ClH/c13-9-1-2-12(17)10(7-9)11(8-14)16-5-3-15-4-6-16;/h1-2,7,11,15,17H,3-6,8H2;1H/t11-;/m0./s1. The van der Waals surface area contributed by atoms with Crippen molar-refractivity contribution in [3.8, 4) is 5.75 Å². The van der Waals surface area contributed by atoms with Gasteiger partial charge in [-0.15, -0.1) is 12.4 Å². The molecule has 0 unspecified atom stereocenters. The summed E-state index contributed by atoms with van der Waals surface area (Å²) in [6.45, 7) is 2.73. The summed E-state index contributed by atoms with van der Waals surface area (Å²) in [6, 6.07) is 4.36. The first-order valence-corrected chi connectivity index (χ1v) is 6.09. The van der Waals surface area contributed by atoms with E-state index in [-0.39, 0.29) is 18.2 Å². The van der Waals surface area contributed by atoms with Crippen LogP contribution in [0.25, 0.3) is 0 Å². The van der Waals surface area contributed by atoms with Gasteiger partial charge in [0.2, 0.25) is 0 Å². The van der Waals surface area contributed by atoms with E-state index in [2.05, 4.69) is 5.32 Å². The van der Waals surface area contributed by atoms with E-state index >= 15 is 0 Å². The Kier molecular flexibility index (Phi) is 6.15. The maximum Gasteiger partial charge on any atom is 0.120 e. The molecular formula is C12H17Cl2FN2O. The number of nitrogens with zero attached hydrogens (tertiary/aromatic N) is 1. The highest BCUT2D eigenvalue weighted by molar-refractivity contribution is 6.30. The van der Waals surface area contributed by atoms with Crippen LogP contribution < -0.4 is 5.32 Å². The number of hydrogen-bond donors (Lipinski definition) is 2. The number of rotatable bonds is 3. The quantitative estimate of drug-likeness (QED) is 0.899. The zero-order valence-electron chi connectivity index (χ0n) is 9.90. The van der Waals surface area contributed by atoms with Crippen LogP contribution in [-0.4, -0.2) is 42.9 Å². The van der Waals surface area contributed by atoms with E-state index in [0.29, 0.717) is 10.6 Å². The predicted molar refractivity (Wildman–Crippen MR) is 73.5 cm³/mol. The van der Waals surface area contributed by atoms with Crippen LogP contribution in [0.1, 0.15) is 11.6 Å². The van der Waals surface area contributed by atoms with Gasteiger partial charge in [-0.3, -0.25) is 4.90 Å². The van der Waals surface area contributed by atoms with Crippen molar-refractivity contribution in [2.24, 2.45) is 0 Å². The fraction of sp³-hybridized carbons (Fsp3) is 0.500. The van der Waals surface area contributed by atoms with Gasteiger partial charge in [0.25, 0.3) is 0 Å². The summed E-state index contributed by atoms with van der Waals surface area (Å²) in [7, 11) is 0. The van der Waals surface area contributed by atoms with Crippen LogP contribution in [0.4, 0.5) is 4.39 Å². The molecule has 1 saturated heterocycles. The third-order valence-electron chi connectivity index (χ3n) is 3.09. The first kappa shape index (κ1) is 15.5. The first-order valence-electron chi connectivity index (χ1n) is 5.71. The van der Waals surface area contributed by atoms with E-state index in [1.807, 2.05) is 4.90 Å². The highest BCUT2D eigenvalue weighted by atomic mass is 35.5. The molecule has 1 heterocycles. The number of alkyl halides is 1. The Morgan fingerprint density at radius 2 is 2.06 bits per heavy atom. The van der Waals surface area contributed by atoms with E-state index in [1.54, 1.807) is 12.1 Å². The fourth-order valence-corrected chi connectivity index (χ4v) is 2.34. The van der Waals surface area contributed by atoms with Gasteiger partial charge >= 0.3 is 0 Å². The third-order valence-corrected chi connectivity index (χ3v) is 3.32. The largest absolute Gasteiger partial charge is 0.508 e. The maximum atomic E-state index is 13.2. The van der Waals surface area contributed by atoms with E-state index in [4.69, 9.17) is 11.6 Å². The summed E-state index contributed by atoms with van der Waals surface area (Å²) in [5.74, 6) is 0.107. The van der Waals surface area contributed by atoms with Gasteiger partial charge in [0.05, 0.1) is 6.04 Å². The second kappa shape index (κ2) is 7.14. The SMILES string of the molecule is Cl.Oc1ccc(Cl)cc1[C@H](CF)N1CCNCC1. The second-order valence-corrected chi connectivity index (χ2v) is 4.60. The second-order valence-electron chi connectivity index (χ2n) is 4.16. The number of benzene rings is 1. The van der Waals surface area contributed by atoms with Crippen molar-refractivity contribution in [1.82, 2.24) is 10.2 Å². The topological polar surface area (TPSA) is 35.5 Å². The van der Waals surface area contributed by atoms with Crippen LogP contribution in [0.15, 0.2) is 18.2 Å². The number of nitrogens with one attached hydrogen (secondary N) is 1. The van der Waals surface area contributed by atoms with E-state index < -0.39 is 12.7 Å². The van der Waals surface area contributed by atoms with E-state index in [9.17, 15) is 9.50 Å². The van der Waals surface area contributed by atoms with Crippen LogP contribution in [0.3, 0.4) is 0 Å². The minimum absolute atomic E-state index is 0.